The molecular formula is C52H47N3. The minimum atomic E-state index is -0.120. The van der Waals surface area contributed by atoms with Gasteiger partial charge < -0.3 is 9.88 Å². The number of benzene rings is 7. The van der Waals surface area contributed by atoms with E-state index in [-0.39, 0.29) is 23.0 Å². The van der Waals surface area contributed by atoms with Crippen LogP contribution >= 0.6 is 0 Å². The van der Waals surface area contributed by atoms with E-state index >= 15 is 0 Å². The van der Waals surface area contributed by atoms with E-state index in [1.165, 1.54) is 94.4 Å². The molecule has 3 aliphatic rings. The molecule has 0 fully saturated rings. The molecule has 0 bridgehead atoms. The summed E-state index contributed by atoms with van der Waals surface area (Å²) in [7, 11) is 0. The van der Waals surface area contributed by atoms with Crippen molar-refractivity contribution >= 4 is 27.5 Å². The number of nitrogens with one attached hydrogen (secondary N) is 2. The summed E-state index contributed by atoms with van der Waals surface area (Å²) < 4.78 is 2.51. The molecule has 0 amide bonds. The van der Waals surface area contributed by atoms with Crippen molar-refractivity contribution in [2.75, 3.05) is 5.32 Å². The molecule has 0 saturated carbocycles. The summed E-state index contributed by atoms with van der Waals surface area (Å²) in [6.45, 7) is 13.5. The molecule has 1 aromatic heterocycles. The molecule has 7 aromatic carbocycles. The standard InChI is InChI=1S/C50H41N3.C2H6/c1-49(2)40-17-9-5-13-33(40)35-26-23-31(29-42(35)49)46-39-16-7-11-19-43(39)51-48(52-46)30-21-24-32(25-22-30)53-44-20-12-8-15-36(44)38-28-27-37-34-14-6-10-18-41(34)50(3,4)45(37)47(38)53;1-2/h5-29,46,48,51-52H,1-4H3;1-2H3. The lowest BCUT2D eigenvalue weighted by Gasteiger charge is -2.36. The van der Waals surface area contributed by atoms with Crippen LogP contribution < -0.4 is 10.6 Å². The van der Waals surface area contributed by atoms with Crippen molar-refractivity contribution in [2.45, 2.75) is 64.6 Å². The van der Waals surface area contributed by atoms with Crippen molar-refractivity contribution in [3.8, 4) is 27.9 Å². The summed E-state index contributed by atoms with van der Waals surface area (Å²) in [5.41, 5.74) is 19.5. The zero-order valence-corrected chi connectivity index (χ0v) is 32.5. The van der Waals surface area contributed by atoms with Crippen LogP contribution in [-0.2, 0) is 10.8 Å². The normalized spacial score (nSPS) is 18.0. The van der Waals surface area contributed by atoms with Gasteiger partial charge in [-0.1, -0.05) is 169 Å². The lowest BCUT2D eigenvalue weighted by Crippen LogP contribution is -2.37. The summed E-state index contributed by atoms with van der Waals surface area (Å²) in [4.78, 5) is 0. The SMILES string of the molecule is CC.CC1(C)c2ccccc2-c2ccc(C3NC(c4ccc(-n5c6ccccc6c6ccc7c(c65)C(C)(C)c5ccccc5-7)cc4)Nc4ccccc43)cc21. The minimum absolute atomic E-state index is 0.0470. The molecule has 0 spiro atoms. The molecule has 55 heavy (non-hydrogen) atoms. The average Bonchev–Trinajstić information content (AvgIpc) is 3.78. The molecule has 270 valence electrons. The van der Waals surface area contributed by atoms with E-state index in [2.05, 4.69) is 195 Å². The zero-order valence-electron chi connectivity index (χ0n) is 32.5. The second kappa shape index (κ2) is 12.3. The summed E-state index contributed by atoms with van der Waals surface area (Å²) >= 11 is 0. The zero-order chi connectivity index (χ0) is 37.6. The Balaban J connectivity index is 0.00000183. The van der Waals surface area contributed by atoms with Crippen LogP contribution in [0.15, 0.2) is 152 Å². The van der Waals surface area contributed by atoms with Gasteiger partial charge in [0.1, 0.15) is 6.17 Å². The smallest absolute Gasteiger partial charge is 0.104 e. The molecule has 2 unspecified atom stereocenters. The number of fused-ring (bicyclic) bond motifs is 11. The van der Waals surface area contributed by atoms with Crippen molar-refractivity contribution in [1.29, 1.82) is 0 Å². The van der Waals surface area contributed by atoms with E-state index in [9.17, 15) is 0 Å². The first-order valence-corrected chi connectivity index (χ1v) is 19.9. The molecule has 3 nitrogen and oxygen atoms in total. The predicted molar refractivity (Wildman–Crippen MR) is 231 cm³/mol. The molecule has 2 aliphatic carbocycles. The third-order valence-corrected chi connectivity index (χ3v) is 12.7. The van der Waals surface area contributed by atoms with Crippen molar-refractivity contribution in [3.05, 3.63) is 191 Å². The number of para-hydroxylation sites is 2. The predicted octanol–water partition coefficient (Wildman–Crippen LogP) is 13.2. The Morgan fingerprint density at radius 2 is 1.11 bits per heavy atom. The van der Waals surface area contributed by atoms with Gasteiger partial charge in [-0.15, -0.1) is 0 Å². The van der Waals surface area contributed by atoms with E-state index in [1.807, 2.05) is 13.8 Å². The molecule has 1 aliphatic heterocycles. The first kappa shape index (κ1) is 33.7. The number of hydrogen-bond donors (Lipinski definition) is 2. The molecule has 0 saturated heterocycles. The first-order chi connectivity index (χ1) is 26.8. The molecule has 11 rings (SSSR count). The Bertz CT molecular complexity index is 2800. The highest BCUT2D eigenvalue weighted by atomic mass is 15.2. The average molecular weight is 714 g/mol. The van der Waals surface area contributed by atoms with Crippen LogP contribution in [0.25, 0.3) is 49.7 Å². The van der Waals surface area contributed by atoms with Crippen molar-refractivity contribution in [1.82, 2.24) is 9.88 Å². The van der Waals surface area contributed by atoms with Gasteiger partial charge in [-0.05, 0) is 85.5 Å². The van der Waals surface area contributed by atoms with E-state index in [4.69, 9.17) is 0 Å². The largest absolute Gasteiger partial charge is 0.366 e. The lowest BCUT2D eigenvalue weighted by molar-refractivity contribution is 0.505. The minimum Gasteiger partial charge on any atom is -0.366 e. The van der Waals surface area contributed by atoms with Gasteiger partial charge in [0.05, 0.1) is 17.1 Å². The Labute approximate surface area is 324 Å². The number of nitrogens with zero attached hydrogens (tertiary/aromatic N) is 1. The third-order valence-electron chi connectivity index (χ3n) is 12.7. The van der Waals surface area contributed by atoms with Gasteiger partial charge >= 0.3 is 0 Å². The molecule has 2 atom stereocenters. The number of aromatic nitrogens is 1. The van der Waals surface area contributed by atoms with Crippen LogP contribution in [0.5, 0.6) is 0 Å². The van der Waals surface area contributed by atoms with Crippen LogP contribution in [0.3, 0.4) is 0 Å². The summed E-state index contributed by atoms with van der Waals surface area (Å²) in [6, 6.07) is 56.6. The van der Waals surface area contributed by atoms with Gasteiger partial charge in [-0.25, -0.2) is 0 Å². The van der Waals surface area contributed by atoms with E-state index in [0.717, 1.165) is 0 Å². The van der Waals surface area contributed by atoms with Crippen LogP contribution in [-0.4, -0.2) is 4.57 Å². The van der Waals surface area contributed by atoms with Crippen molar-refractivity contribution < 1.29 is 0 Å². The fraction of sp³-hybridized carbons (Fsp3) is 0.192. The van der Waals surface area contributed by atoms with Gasteiger partial charge in [0, 0.05) is 33.0 Å². The fourth-order valence-electron chi connectivity index (χ4n) is 10.1. The second-order valence-corrected chi connectivity index (χ2v) is 16.2. The van der Waals surface area contributed by atoms with Gasteiger partial charge in [0.2, 0.25) is 0 Å². The van der Waals surface area contributed by atoms with Gasteiger partial charge in [0.15, 0.2) is 0 Å². The number of hydrogen-bond acceptors (Lipinski definition) is 2. The highest BCUT2D eigenvalue weighted by Gasteiger charge is 2.39. The second-order valence-electron chi connectivity index (χ2n) is 16.2. The van der Waals surface area contributed by atoms with E-state index in [1.54, 1.807) is 0 Å². The highest BCUT2D eigenvalue weighted by Crippen LogP contribution is 2.53. The maximum atomic E-state index is 4.03. The summed E-state index contributed by atoms with van der Waals surface area (Å²) in [6.07, 6.45) is -0.0572. The Hall–Kier alpha value is -5.90. The maximum Gasteiger partial charge on any atom is 0.104 e. The molecule has 0 radical (unpaired) electrons. The van der Waals surface area contributed by atoms with Crippen molar-refractivity contribution in [2.24, 2.45) is 0 Å². The van der Waals surface area contributed by atoms with Gasteiger partial charge in [-0.2, -0.15) is 0 Å². The molecule has 3 heteroatoms. The van der Waals surface area contributed by atoms with E-state index in [0.29, 0.717) is 0 Å². The maximum absolute atomic E-state index is 4.03. The molecule has 2 N–H and O–H groups in total. The monoisotopic (exact) mass is 713 g/mol. The summed E-state index contributed by atoms with van der Waals surface area (Å²) in [5.74, 6) is 0. The number of rotatable bonds is 3. The topological polar surface area (TPSA) is 29.0 Å². The highest BCUT2D eigenvalue weighted by molar-refractivity contribution is 6.13. The van der Waals surface area contributed by atoms with Crippen molar-refractivity contribution in [3.63, 3.8) is 0 Å². The van der Waals surface area contributed by atoms with Gasteiger partial charge in [0.25, 0.3) is 0 Å². The van der Waals surface area contributed by atoms with Crippen LogP contribution in [0, 0.1) is 0 Å². The lowest BCUT2D eigenvalue weighted by atomic mass is 9.81. The Morgan fingerprint density at radius 1 is 0.509 bits per heavy atom. The molecular weight excluding hydrogens is 667 g/mol. The van der Waals surface area contributed by atoms with E-state index < -0.39 is 0 Å². The number of anilines is 1. The Kier molecular flexibility index (Phi) is 7.53. The molecule has 2 heterocycles. The fourth-order valence-corrected chi connectivity index (χ4v) is 10.1. The summed E-state index contributed by atoms with van der Waals surface area (Å²) in [5, 5.41) is 10.5. The van der Waals surface area contributed by atoms with Crippen LogP contribution in [0.1, 0.15) is 92.7 Å². The quantitative estimate of drug-likeness (QED) is 0.191. The molecule has 8 aromatic rings. The van der Waals surface area contributed by atoms with Crippen LogP contribution in [0.4, 0.5) is 5.69 Å². The Morgan fingerprint density at radius 3 is 1.89 bits per heavy atom. The van der Waals surface area contributed by atoms with Crippen LogP contribution in [0.2, 0.25) is 0 Å². The third kappa shape index (κ3) is 4.79. The first-order valence-electron chi connectivity index (χ1n) is 19.9. The van der Waals surface area contributed by atoms with Gasteiger partial charge in [-0.3, -0.25) is 5.32 Å².